The van der Waals surface area contributed by atoms with Gasteiger partial charge in [-0.2, -0.15) is 0 Å². The van der Waals surface area contributed by atoms with Crippen LogP contribution in [0.4, 0.5) is 10.1 Å². The molecule has 2 rings (SSSR count). The normalized spacial score (nSPS) is 17.2. The number of anilines is 1. The summed E-state index contributed by atoms with van der Waals surface area (Å²) in [4.78, 5) is 2.12. The average Bonchev–Trinajstić information content (AvgIpc) is 2.83. The molecule has 0 aliphatic carbocycles. The van der Waals surface area contributed by atoms with Gasteiger partial charge >= 0.3 is 0 Å². The van der Waals surface area contributed by atoms with E-state index in [9.17, 15) is 12.8 Å². The Kier molecular flexibility index (Phi) is 3.87. The number of nitrogens with zero attached hydrogens (tertiary/aromatic N) is 1. The summed E-state index contributed by atoms with van der Waals surface area (Å²) in [5.41, 5.74) is 5.29. The summed E-state index contributed by atoms with van der Waals surface area (Å²) in [5.74, 6) is -0.659. The number of hydrogen-bond acceptors (Lipinski definition) is 4. The minimum Gasteiger partial charge on any atom is -0.396 e. The molecule has 1 aliphatic heterocycles. The first kappa shape index (κ1) is 13.3. The van der Waals surface area contributed by atoms with E-state index in [4.69, 9.17) is 5.73 Å². The highest BCUT2D eigenvalue weighted by Gasteiger charge is 2.19. The first-order chi connectivity index (χ1) is 8.49. The lowest BCUT2D eigenvalue weighted by Crippen LogP contribution is -2.26. The van der Waals surface area contributed by atoms with E-state index < -0.39 is 15.7 Å². The number of nitrogen functional groups attached to an aromatic ring is 1. The second kappa shape index (κ2) is 5.24. The number of hydrogen-bond donors (Lipinski definition) is 1. The lowest BCUT2D eigenvalue weighted by molar-refractivity contribution is 0.359. The topological polar surface area (TPSA) is 63.4 Å². The molecule has 1 heterocycles. The molecule has 0 spiro atoms. The van der Waals surface area contributed by atoms with Crippen molar-refractivity contribution in [3.63, 3.8) is 0 Å². The molecule has 100 valence electrons. The molecule has 0 unspecified atom stereocenters. The summed E-state index contributed by atoms with van der Waals surface area (Å²) in [5, 5.41) is 0. The maximum absolute atomic E-state index is 13.3. The molecule has 0 bridgehead atoms. The Morgan fingerprint density at radius 3 is 2.56 bits per heavy atom. The summed E-state index contributed by atoms with van der Waals surface area (Å²) in [6.45, 7) is 2.41. The van der Waals surface area contributed by atoms with Crippen molar-refractivity contribution in [2.75, 3.05) is 31.1 Å². The summed E-state index contributed by atoms with van der Waals surface area (Å²) < 4.78 is 37.3. The Labute approximate surface area is 107 Å². The predicted molar refractivity (Wildman–Crippen MR) is 68.5 cm³/mol. The fraction of sp³-hybridized carbons (Fsp3) is 0.500. The fourth-order valence-electron chi connectivity index (χ4n) is 2.07. The first-order valence-corrected chi connectivity index (χ1v) is 7.64. The van der Waals surface area contributed by atoms with Gasteiger partial charge in [0, 0.05) is 6.54 Å². The average molecular weight is 272 g/mol. The number of rotatable bonds is 4. The van der Waals surface area contributed by atoms with Crippen molar-refractivity contribution >= 4 is 15.5 Å². The van der Waals surface area contributed by atoms with Crippen LogP contribution < -0.4 is 5.73 Å². The summed E-state index contributed by atoms with van der Waals surface area (Å²) in [6.07, 6.45) is 2.24. The van der Waals surface area contributed by atoms with Gasteiger partial charge in [-0.05, 0) is 44.1 Å². The fourth-order valence-corrected chi connectivity index (χ4v) is 3.37. The lowest BCUT2D eigenvalue weighted by atomic mass is 10.3. The molecule has 1 aromatic rings. The van der Waals surface area contributed by atoms with Gasteiger partial charge in [0.05, 0.1) is 16.3 Å². The van der Waals surface area contributed by atoms with E-state index >= 15 is 0 Å². The third-order valence-corrected chi connectivity index (χ3v) is 4.90. The van der Waals surface area contributed by atoms with Crippen LogP contribution in [0.1, 0.15) is 12.8 Å². The van der Waals surface area contributed by atoms with E-state index in [-0.39, 0.29) is 16.3 Å². The highest BCUT2D eigenvalue weighted by molar-refractivity contribution is 7.91. The lowest BCUT2D eigenvalue weighted by Gasteiger charge is -2.14. The minimum absolute atomic E-state index is 0.00777. The van der Waals surface area contributed by atoms with Crippen LogP contribution in [0.2, 0.25) is 0 Å². The summed E-state index contributed by atoms with van der Waals surface area (Å²) in [7, 11) is -3.42. The molecular formula is C12H17FN2O2S. The number of likely N-dealkylation sites (tertiary alicyclic amines) is 1. The van der Waals surface area contributed by atoms with Crippen molar-refractivity contribution in [3.8, 4) is 0 Å². The molecule has 6 heteroatoms. The van der Waals surface area contributed by atoms with Crippen molar-refractivity contribution in [3.05, 3.63) is 24.0 Å². The number of sulfone groups is 1. The molecule has 2 N–H and O–H groups in total. The van der Waals surface area contributed by atoms with Crippen LogP contribution in [0.15, 0.2) is 23.1 Å². The monoisotopic (exact) mass is 272 g/mol. The zero-order chi connectivity index (χ0) is 13.2. The van der Waals surface area contributed by atoms with Crippen LogP contribution in [0, 0.1) is 5.82 Å². The van der Waals surface area contributed by atoms with Gasteiger partial charge in [-0.3, -0.25) is 0 Å². The molecule has 1 saturated heterocycles. The smallest absolute Gasteiger partial charge is 0.179 e. The van der Waals surface area contributed by atoms with Crippen LogP contribution in [-0.2, 0) is 9.84 Å². The van der Waals surface area contributed by atoms with Gasteiger partial charge in [0.25, 0.3) is 0 Å². The highest BCUT2D eigenvalue weighted by atomic mass is 32.2. The number of nitrogens with two attached hydrogens (primary N) is 1. The van der Waals surface area contributed by atoms with E-state index in [0.717, 1.165) is 32.0 Å². The SMILES string of the molecule is Nc1ccc(S(=O)(=O)CCN2CCCC2)cc1F. The molecule has 18 heavy (non-hydrogen) atoms. The summed E-state index contributed by atoms with van der Waals surface area (Å²) >= 11 is 0. The second-order valence-corrected chi connectivity index (χ2v) is 6.66. The van der Waals surface area contributed by atoms with Gasteiger partial charge in [-0.25, -0.2) is 12.8 Å². The van der Waals surface area contributed by atoms with Crippen LogP contribution in [0.3, 0.4) is 0 Å². The Balaban J connectivity index is 2.07. The Morgan fingerprint density at radius 2 is 1.94 bits per heavy atom. The van der Waals surface area contributed by atoms with Crippen LogP contribution in [-0.4, -0.2) is 38.7 Å². The largest absolute Gasteiger partial charge is 0.396 e. The third kappa shape index (κ3) is 3.00. The second-order valence-electron chi connectivity index (χ2n) is 4.55. The van der Waals surface area contributed by atoms with Crippen molar-refractivity contribution in [1.82, 2.24) is 4.90 Å². The standard InChI is InChI=1S/C12H17FN2O2S/c13-11-9-10(3-4-12(11)14)18(16,17)8-7-15-5-1-2-6-15/h3-4,9H,1-2,5-8,14H2. The van der Waals surface area contributed by atoms with E-state index in [2.05, 4.69) is 4.90 Å². The van der Waals surface area contributed by atoms with Gasteiger partial charge in [-0.1, -0.05) is 0 Å². The molecule has 0 radical (unpaired) electrons. The molecule has 0 saturated carbocycles. The molecule has 0 aromatic heterocycles. The zero-order valence-corrected chi connectivity index (χ0v) is 10.9. The van der Waals surface area contributed by atoms with Gasteiger partial charge in [0.1, 0.15) is 5.82 Å². The van der Waals surface area contributed by atoms with Crippen molar-refractivity contribution in [1.29, 1.82) is 0 Å². The molecule has 0 atom stereocenters. The van der Waals surface area contributed by atoms with Gasteiger partial charge in [0.15, 0.2) is 9.84 Å². The number of halogens is 1. The maximum atomic E-state index is 13.3. The van der Waals surface area contributed by atoms with E-state index in [1.807, 2.05) is 0 Å². The van der Waals surface area contributed by atoms with Crippen LogP contribution >= 0.6 is 0 Å². The maximum Gasteiger partial charge on any atom is 0.179 e. The minimum atomic E-state index is -3.42. The van der Waals surface area contributed by atoms with E-state index in [1.54, 1.807) is 0 Å². The zero-order valence-electron chi connectivity index (χ0n) is 10.1. The van der Waals surface area contributed by atoms with Gasteiger partial charge < -0.3 is 10.6 Å². The summed E-state index contributed by atoms with van der Waals surface area (Å²) in [6, 6.07) is 3.64. The van der Waals surface area contributed by atoms with Crippen molar-refractivity contribution in [2.45, 2.75) is 17.7 Å². The highest BCUT2D eigenvalue weighted by Crippen LogP contribution is 2.18. The quantitative estimate of drug-likeness (QED) is 0.839. The molecule has 4 nitrogen and oxygen atoms in total. The predicted octanol–water partition coefficient (Wildman–Crippen LogP) is 1.28. The molecular weight excluding hydrogens is 255 g/mol. The Bertz CT molecular complexity index is 525. The van der Waals surface area contributed by atoms with E-state index in [1.165, 1.54) is 12.1 Å². The van der Waals surface area contributed by atoms with Gasteiger partial charge in [0.2, 0.25) is 0 Å². The first-order valence-electron chi connectivity index (χ1n) is 5.99. The molecule has 1 aliphatic rings. The van der Waals surface area contributed by atoms with Crippen LogP contribution in [0.25, 0.3) is 0 Å². The Morgan fingerprint density at radius 1 is 1.28 bits per heavy atom. The molecule has 0 amide bonds. The molecule has 1 fully saturated rings. The van der Waals surface area contributed by atoms with Crippen LogP contribution in [0.5, 0.6) is 0 Å². The molecule has 1 aromatic carbocycles. The van der Waals surface area contributed by atoms with Gasteiger partial charge in [-0.15, -0.1) is 0 Å². The van der Waals surface area contributed by atoms with Crippen molar-refractivity contribution in [2.24, 2.45) is 0 Å². The number of benzene rings is 1. The van der Waals surface area contributed by atoms with Crippen molar-refractivity contribution < 1.29 is 12.8 Å². The van der Waals surface area contributed by atoms with E-state index in [0.29, 0.717) is 6.54 Å². The third-order valence-electron chi connectivity index (χ3n) is 3.21. The Hall–Kier alpha value is -1.14.